The van der Waals surface area contributed by atoms with Gasteiger partial charge in [0.1, 0.15) is 0 Å². The average molecular weight is 262 g/mol. The van der Waals surface area contributed by atoms with Crippen molar-refractivity contribution in [1.29, 1.82) is 0 Å². The van der Waals surface area contributed by atoms with E-state index in [1.807, 2.05) is 6.20 Å². The Labute approximate surface area is 113 Å². The molecule has 1 aromatic rings. The molecule has 1 aliphatic heterocycles. The van der Waals surface area contributed by atoms with Gasteiger partial charge in [-0.2, -0.15) is 5.10 Å². The van der Waals surface area contributed by atoms with Crippen molar-refractivity contribution in [3.05, 3.63) is 17.5 Å². The molecule has 0 radical (unpaired) electrons. The number of H-pyrrole nitrogens is 1. The van der Waals surface area contributed by atoms with Crippen molar-refractivity contribution in [2.45, 2.75) is 38.6 Å². The second-order valence-corrected chi connectivity index (χ2v) is 5.72. The molecular weight excluding hydrogens is 240 g/mol. The zero-order chi connectivity index (χ0) is 13.2. The maximum atomic E-state index is 12.8. The fraction of sp³-hybridized carbons (Fsp3) is 0.714. The fourth-order valence-corrected chi connectivity index (χ4v) is 2.82. The van der Waals surface area contributed by atoms with E-state index >= 15 is 0 Å². The molecule has 2 heterocycles. The number of carbonyl (C=O) groups is 1. The molecule has 1 atom stereocenters. The minimum absolute atomic E-state index is 0.0865. The zero-order valence-corrected chi connectivity index (χ0v) is 11.5. The fourth-order valence-electron chi connectivity index (χ4n) is 2.82. The summed E-state index contributed by atoms with van der Waals surface area (Å²) < 4.78 is 0. The highest BCUT2D eigenvalue weighted by molar-refractivity contribution is 5.84. The molecule has 5 nitrogen and oxygen atoms in total. The number of fused-ring (bicyclic) bond motifs is 1. The molecule has 1 amide bonds. The largest absolute Gasteiger partial charge is 0.342 e. The van der Waals surface area contributed by atoms with Crippen LogP contribution in [0.25, 0.3) is 0 Å². The van der Waals surface area contributed by atoms with E-state index in [-0.39, 0.29) is 11.8 Å². The Balaban J connectivity index is 1.74. The quantitative estimate of drug-likeness (QED) is 0.839. The molecule has 0 saturated heterocycles. The van der Waals surface area contributed by atoms with Crippen LogP contribution in [0.2, 0.25) is 0 Å². The molecule has 1 unspecified atom stereocenters. The monoisotopic (exact) mass is 262 g/mol. The first kappa shape index (κ1) is 12.7. The summed E-state index contributed by atoms with van der Waals surface area (Å²) in [6.45, 7) is 5.47. The molecule has 0 aromatic carbocycles. The molecule has 1 fully saturated rings. The standard InChI is InChI=1S/C14H22N4O/c1-2-5-18(9-10-3-4-10)14(19)12-8-15-6-11-7-16-17-13(11)12/h7,10,12,15H,2-6,8-9H2,1H3,(H,16,17). The summed E-state index contributed by atoms with van der Waals surface area (Å²) in [6, 6.07) is 0. The molecular formula is C14H22N4O. The molecule has 2 aliphatic rings. The molecule has 2 N–H and O–H groups in total. The molecule has 1 aliphatic carbocycles. The Morgan fingerprint density at radius 2 is 2.37 bits per heavy atom. The van der Waals surface area contributed by atoms with E-state index in [1.54, 1.807) is 0 Å². The van der Waals surface area contributed by atoms with Crippen LogP contribution in [0, 0.1) is 5.92 Å². The number of nitrogens with one attached hydrogen (secondary N) is 2. The first-order valence-electron chi connectivity index (χ1n) is 7.31. The van der Waals surface area contributed by atoms with Gasteiger partial charge in [-0.05, 0) is 25.2 Å². The van der Waals surface area contributed by atoms with Crippen LogP contribution in [0.4, 0.5) is 0 Å². The van der Waals surface area contributed by atoms with Crippen LogP contribution in [0.3, 0.4) is 0 Å². The van der Waals surface area contributed by atoms with Crippen molar-refractivity contribution in [3.8, 4) is 0 Å². The second-order valence-electron chi connectivity index (χ2n) is 5.72. The second kappa shape index (κ2) is 5.33. The Morgan fingerprint density at radius 3 is 3.11 bits per heavy atom. The van der Waals surface area contributed by atoms with Gasteiger partial charge in [-0.25, -0.2) is 0 Å². The van der Waals surface area contributed by atoms with Crippen molar-refractivity contribution in [1.82, 2.24) is 20.4 Å². The van der Waals surface area contributed by atoms with E-state index in [9.17, 15) is 4.79 Å². The third-order valence-corrected chi connectivity index (χ3v) is 4.04. The Morgan fingerprint density at radius 1 is 1.53 bits per heavy atom. The maximum absolute atomic E-state index is 12.8. The summed E-state index contributed by atoms with van der Waals surface area (Å²) in [6.07, 6.45) is 5.42. The van der Waals surface area contributed by atoms with Gasteiger partial charge in [-0.3, -0.25) is 9.89 Å². The van der Waals surface area contributed by atoms with Crippen molar-refractivity contribution < 1.29 is 4.79 Å². The van der Waals surface area contributed by atoms with Crippen LogP contribution in [0.5, 0.6) is 0 Å². The van der Waals surface area contributed by atoms with Gasteiger partial charge in [0.2, 0.25) is 5.91 Å². The van der Waals surface area contributed by atoms with Gasteiger partial charge in [-0.1, -0.05) is 6.92 Å². The zero-order valence-electron chi connectivity index (χ0n) is 11.5. The number of aromatic nitrogens is 2. The number of nitrogens with zero attached hydrogens (tertiary/aromatic N) is 2. The highest BCUT2D eigenvalue weighted by Crippen LogP contribution is 2.31. The molecule has 0 bridgehead atoms. The predicted molar refractivity (Wildman–Crippen MR) is 72.6 cm³/mol. The summed E-state index contributed by atoms with van der Waals surface area (Å²) in [5, 5.41) is 10.4. The highest BCUT2D eigenvalue weighted by Gasteiger charge is 2.33. The Hall–Kier alpha value is -1.36. The van der Waals surface area contributed by atoms with E-state index in [4.69, 9.17) is 0 Å². The molecule has 5 heteroatoms. The molecule has 0 spiro atoms. The van der Waals surface area contributed by atoms with Gasteiger partial charge in [-0.15, -0.1) is 0 Å². The highest BCUT2D eigenvalue weighted by atomic mass is 16.2. The number of hydrogen-bond acceptors (Lipinski definition) is 3. The Kier molecular flexibility index (Phi) is 3.55. The van der Waals surface area contributed by atoms with Crippen LogP contribution in [-0.4, -0.2) is 40.6 Å². The van der Waals surface area contributed by atoms with Crippen LogP contribution in [-0.2, 0) is 11.3 Å². The predicted octanol–water partition coefficient (Wildman–Crippen LogP) is 1.25. The number of hydrogen-bond donors (Lipinski definition) is 2. The van der Waals surface area contributed by atoms with Crippen LogP contribution in [0.1, 0.15) is 43.4 Å². The molecule has 1 saturated carbocycles. The smallest absolute Gasteiger partial charge is 0.233 e. The summed E-state index contributed by atoms with van der Waals surface area (Å²) in [7, 11) is 0. The van der Waals surface area contributed by atoms with E-state index < -0.39 is 0 Å². The van der Waals surface area contributed by atoms with Crippen molar-refractivity contribution in [2.24, 2.45) is 5.92 Å². The minimum Gasteiger partial charge on any atom is -0.342 e. The number of rotatable bonds is 5. The van der Waals surface area contributed by atoms with Gasteiger partial charge in [0, 0.05) is 31.7 Å². The molecule has 3 rings (SSSR count). The first-order valence-corrected chi connectivity index (χ1v) is 7.31. The van der Waals surface area contributed by atoms with Gasteiger partial charge >= 0.3 is 0 Å². The Bertz CT molecular complexity index is 452. The molecule has 19 heavy (non-hydrogen) atoms. The van der Waals surface area contributed by atoms with Gasteiger partial charge in [0.05, 0.1) is 17.8 Å². The van der Waals surface area contributed by atoms with E-state index in [0.717, 1.165) is 49.8 Å². The van der Waals surface area contributed by atoms with E-state index in [2.05, 4.69) is 27.3 Å². The van der Waals surface area contributed by atoms with Gasteiger partial charge in [0.25, 0.3) is 0 Å². The summed E-state index contributed by atoms with van der Waals surface area (Å²) in [4.78, 5) is 14.8. The maximum Gasteiger partial charge on any atom is 0.233 e. The van der Waals surface area contributed by atoms with Crippen molar-refractivity contribution in [2.75, 3.05) is 19.6 Å². The average Bonchev–Trinajstić information content (AvgIpc) is 3.11. The van der Waals surface area contributed by atoms with Crippen LogP contribution < -0.4 is 5.32 Å². The third-order valence-electron chi connectivity index (χ3n) is 4.04. The van der Waals surface area contributed by atoms with Crippen LogP contribution >= 0.6 is 0 Å². The lowest BCUT2D eigenvalue weighted by atomic mass is 9.96. The van der Waals surface area contributed by atoms with Gasteiger partial charge in [0.15, 0.2) is 0 Å². The normalized spacial score (nSPS) is 22.1. The first-order chi connectivity index (χ1) is 9.29. The number of amides is 1. The molecule has 104 valence electrons. The molecule has 1 aromatic heterocycles. The number of aromatic amines is 1. The lowest BCUT2D eigenvalue weighted by Crippen LogP contribution is -2.42. The minimum atomic E-state index is -0.0865. The topological polar surface area (TPSA) is 61.0 Å². The summed E-state index contributed by atoms with van der Waals surface area (Å²) >= 11 is 0. The number of carbonyl (C=O) groups excluding carboxylic acids is 1. The van der Waals surface area contributed by atoms with Crippen molar-refractivity contribution in [3.63, 3.8) is 0 Å². The lowest BCUT2D eigenvalue weighted by Gasteiger charge is -2.29. The van der Waals surface area contributed by atoms with Crippen molar-refractivity contribution >= 4 is 5.91 Å². The SMILES string of the molecule is CCCN(CC1CC1)C(=O)C1CNCc2cn[nH]c21. The summed E-state index contributed by atoms with van der Waals surface area (Å²) in [5.74, 6) is 0.913. The van der Waals surface area contributed by atoms with Gasteiger partial charge < -0.3 is 10.2 Å². The third kappa shape index (κ3) is 2.66. The lowest BCUT2D eigenvalue weighted by molar-refractivity contribution is -0.133. The van der Waals surface area contributed by atoms with Crippen LogP contribution in [0.15, 0.2) is 6.20 Å². The van der Waals surface area contributed by atoms with E-state index in [0.29, 0.717) is 0 Å². The summed E-state index contributed by atoms with van der Waals surface area (Å²) in [5.41, 5.74) is 2.15. The van der Waals surface area contributed by atoms with E-state index in [1.165, 1.54) is 12.8 Å².